The van der Waals surface area contributed by atoms with Crippen molar-refractivity contribution in [3.8, 4) is 0 Å². The van der Waals surface area contributed by atoms with Gasteiger partial charge in [-0.1, -0.05) is 20.8 Å². The Labute approximate surface area is 74.6 Å². The molecule has 0 aromatic carbocycles. The average molecular weight is 178 g/mol. The van der Waals surface area contributed by atoms with Crippen LogP contribution in [0.5, 0.6) is 0 Å². The molecule has 0 aliphatic rings. The van der Waals surface area contributed by atoms with Crippen LogP contribution in [0.2, 0.25) is 0 Å². The second-order valence-electron chi connectivity index (χ2n) is 2.40. The van der Waals surface area contributed by atoms with Crippen LogP contribution in [0.4, 0.5) is 0 Å². The van der Waals surface area contributed by atoms with Crippen LogP contribution in [0.1, 0.15) is 27.2 Å². The summed E-state index contributed by atoms with van der Waals surface area (Å²) < 4.78 is 0. The van der Waals surface area contributed by atoms with E-state index in [1.807, 2.05) is 20.8 Å². The Morgan fingerprint density at radius 2 is 1.67 bits per heavy atom. The Balaban J connectivity index is 0. The van der Waals surface area contributed by atoms with Crippen LogP contribution >= 0.6 is 0 Å². The Kier molecular flexibility index (Phi) is 10.7. The van der Waals surface area contributed by atoms with Gasteiger partial charge in [0.2, 0.25) is 0 Å². The van der Waals surface area contributed by atoms with E-state index in [0.29, 0.717) is 6.42 Å². The van der Waals surface area contributed by atoms with E-state index < -0.39 is 18.2 Å². The molecule has 0 rings (SSSR count). The minimum Gasteiger partial charge on any atom is -0.395 e. The summed E-state index contributed by atoms with van der Waals surface area (Å²) >= 11 is 0. The van der Waals surface area contributed by atoms with Crippen molar-refractivity contribution < 1.29 is 10.2 Å². The van der Waals surface area contributed by atoms with E-state index in [-0.39, 0.29) is 6.61 Å². The molecule has 0 heterocycles. The van der Waals surface area contributed by atoms with Gasteiger partial charge in [0.25, 0.3) is 0 Å². The average Bonchev–Trinajstić information content (AvgIpc) is 2.17. The predicted octanol–water partition coefficient (Wildman–Crippen LogP) is -0.570. The molecule has 0 saturated heterocycles. The van der Waals surface area contributed by atoms with Gasteiger partial charge in [-0.3, -0.25) is 0 Å². The highest BCUT2D eigenvalue weighted by molar-refractivity contribution is 4.80. The Morgan fingerprint density at radius 1 is 1.25 bits per heavy atom. The van der Waals surface area contributed by atoms with Crippen LogP contribution in [-0.4, -0.2) is 35.0 Å². The molecule has 4 heteroatoms. The zero-order valence-electron chi connectivity index (χ0n) is 8.20. The highest BCUT2D eigenvalue weighted by Gasteiger charge is 2.18. The molecule has 4 nitrogen and oxygen atoms in total. The molecular weight excluding hydrogens is 156 g/mol. The van der Waals surface area contributed by atoms with Gasteiger partial charge in [-0.2, -0.15) is 0 Å². The lowest BCUT2D eigenvalue weighted by atomic mass is 10.0. The number of aliphatic hydroxyl groups excluding tert-OH is 2. The standard InChI is InChI=1S/C6H16N2O2.C2H6/c1-2-5(10)6(8)4(7)3-9;1-2/h4-6,9-10H,2-3,7-8H2,1H3;1-2H3. The van der Waals surface area contributed by atoms with Crippen LogP contribution in [-0.2, 0) is 0 Å². The SMILES string of the molecule is CC.CCC(O)C(N)C(N)CO. The van der Waals surface area contributed by atoms with Crippen molar-refractivity contribution in [1.82, 2.24) is 0 Å². The molecule has 3 unspecified atom stereocenters. The third-order valence-corrected chi connectivity index (χ3v) is 1.57. The lowest BCUT2D eigenvalue weighted by molar-refractivity contribution is 0.112. The van der Waals surface area contributed by atoms with Crippen LogP contribution < -0.4 is 11.5 Å². The Bertz CT molecular complexity index is 81.1. The lowest BCUT2D eigenvalue weighted by Gasteiger charge is -2.21. The van der Waals surface area contributed by atoms with Gasteiger partial charge in [0, 0.05) is 12.1 Å². The van der Waals surface area contributed by atoms with Gasteiger partial charge in [-0.05, 0) is 6.42 Å². The van der Waals surface area contributed by atoms with E-state index in [1.165, 1.54) is 0 Å². The molecule has 0 radical (unpaired) electrons. The minimum atomic E-state index is -0.609. The number of rotatable bonds is 4. The van der Waals surface area contributed by atoms with Crippen LogP contribution in [0.15, 0.2) is 0 Å². The fraction of sp³-hybridized carbons (Fsp3) is 1.00. The van der Waals surface area contributed by atoms with Crippen molar-refractivity contribution in [2.75, 3.05) is 6.61 Å². The molecule has 0 fully saturated rings. The van der Waals surface area contributed by atoms with E-state index in [4.69, 9.17) is 21.7 Å². The van der Waals surface area contributed by atoms with Crippen molar-refractivity contribution in [3.63, 3.8) is 0 Å². The highest BCUT2D eigenvalue weighted by Crippen LogP contribution is 1.98. The zero-order chi connectivity index (χ0) is 10.1. The second kappa shape index (κ2) is 8.93. The van der Waals surface area contributed by atoms with Gasteiger partial charge < -0.3 is 21.7 Å². The molecule has 76 valence electrons. The predicted molar refractivity (Wildman–Crippen MR) is 50.7 cm³/mol. The lowest BCUT2D eigenvalue weighted by Crippen LogP contribution is -2.50. The first-order valence-corrected chi connectivity index (χ1v) is 4.43. The third kappa shape index (κ3) is 5.49. The number of nitrogens with two attached hydrogens (primary N) is 2. The van der Waals surface area contributed by atoms with E-state index in [9.17, 15) is 0 Å². The Morgan fingerprint density at radius 3 is 1.92 bits per heavy atom. The van der Waals surface area contributed by atoms with Crippen LogP contribution in [0, 0.1) is 0 Å². The van der Waals surface area contributed by atoms with E-state index in [1.54, 1.807) is 0 Å². The molecule has 0 aliphatic heterocycles. The summed E-state index contributed by atoms with van der Waals surface area (Å²) in [7, 11) is 0. The fourth-order valence-electron chi connectivity index (χ4n) is 0.679. The summed E-state index contributed by atoms with van der Waals surface area (Å²) in [6.07, 6.45) is -0.0448. The van der Waals surface area contributed by atoms with Gasteiger partial charge >= 0.3 is 0 Å². The first kappa shape index (κ1) is 14.4. The third-order valence-electron chi connectivity index (χ3n) is 1.57. The highest BCUT2D eigenvalue weighted by atomic mass is 16.3. The summed E-state index contributed by atoms with van der Waals surface area (Å²) in [6.45, 7) is 5.63. The number of hydrogen-bond acceptors (Lipinski definition) is 4. The molecule has 0 aliphatic carbocycles. The number of aliphatic hydroxyl groups is 2. The zero-order valence-corrected chi connectivity index (χ0v) is 8.20. The molecule has 0 saturated carbocycles. The molecule has 0 aromatic heterocycles. The maximum absolute atomic E-state index is 9.11. The summed E-state index contributed by atoms with van der Waals surface area (Å²) in [5.41, 5.74) is 10.8. The monoisotopic (exact) mass is 178 g/mol. The van der Waals surface area contributed by atoms with Gasteiger partial charge in [0.1, 0.15) is 0 Å². The van der Waals surface area contributed by atoms with Crippen molar-refractivity contribution in [2.45, 2.75) is 45.4 Å². The van der Waals surface area contributed by atoms with Gasteiger partial charge in [-0.15, -0.1) is 0 Å². The van der Waals surface area contributed by atoms with E-state index >= 15 is 0 Å². The van der Waals surface area contributed by atoms with Crippen molar-refractivity contribution in [1.29, 1.82) is 0 Å². The van der Waals surface area contributed by atoms with Crippen molar-refractivity contribution >= 4 is 0 Å². The first-order valence-electron chi connectivity index (χ1n) is 4.43. The van der Waals surface area contributed by atoms with Gasteiger partial charge in [0.05, 0.1) is 12.7 Å². The summed E-state index contributed by atoms with van der Waals surface area (Å²) in [4.78, 5) is 0. The van der Waals surface area contributed by atoms with Crippen LogP contribution in [0.25, 0.3) is 0 Å². The summed E-state index contributed by atoms with van der Waals surface area (Å²) in [6, 6.07) is -1.04. The van der Waals surface area contributed by atoms with E-state index in [0.717, 1.165) is 0 Å². The molecule has 0 spiro atoms. The van der Waals surface area contributed by atoms with Gasteiger partial charge in [-0.25, -0.2) is 0 Å². The molecular formula is C8H22N2O2. The summed E-state index contributed by atoms with van der Waals surface area (Å²) in [5.74, 6) is 0. The van der Waals surface area contributed by atoms with Gasteiger partial charge in [0.15, 0.2) is 0 Å². The minimum absolute atomic E-state index is 0.182. The van der Waals surface area contributed by atoms with Crippen molar-refractivity contribution in [2.24, 2.45) is 11.5 Å². The largest absolute Gasteiger partial charge is 0.395 e. The maximum Gasteiger partial charge on any atom is 0.0704 e. The number of hydrogen-bond donors (Lipinski definition) is 4. The molecule has 12 heavy (non-hydrogen) atoms. The maximum atomic E-state index is 9.11. The molecule has 3 atom stereocenters. The smallest absolute Gasteiger partial charge is 0.0704 e. The van der Waals surface area contributed by atoms with Crippen molar-refractivity contribution in [3.05, 3.63) is 0 Å². The molecule has 0 amide bonds. The molecule has 0 bridgehead atoms. The van der Waals surface area contributed by atoms with E-state index in [2.05, 4.69) is 0 Å². The first-order chi connectivity index (χ1) is 5.63. The summed E-state index contributed by atoms with van der Waals surface area (Å²) in [5, 5.41) is 17.6. The fourth-order valence-corrected chi connectivity index (χ4v) is 0.679. The second-order valence-corrected chi connectivity index (χ2v) is 2.40. The normalized spacial score (nSPS) is 17.2. The molecule has 6 N–H and O–H groups in total. The Hall–Kier alpha value is -0.160. The topological polar surface area (TPSA) is 92.5 Å². The molecule has 0 aromatic rings. The quantitative estimate of drug-likeness (QED) is 0.464. The van der Waals surface area contributed by atoms with Crippen LogP contribution in [0.3, 0.4) is 0 Å².